The zero-order valence-corrected chi connectivity index (χ0v) is 16.1. The maximum Gasteiger partial charge on any atom is 0.305 e. The number of aryl methyl sites for hydroxylation is 3. The van der Waals surface area contributed by atoms with Crippen molar-refractivity contribution in [3.63, 3.8) is 0 Å². The molecule has 0 saturated heterocycles. The number of aliphatic carboxylic acids is 1. The number of hydrogen-bond donors (Lipinski definition) is 2. The van der Waals surface area contributed by atoms with Gasteiger partial charge in [0.1, 0.15) is 9.88 Å². The van der Waals surface area contributed by atoms with Gasteiger partial charge in [-0.15, -0.1) is 11.3 Å². The molecule has 0 radical (unpaired) electrons. The van der Waals surface area contributed by atoms with E-state index in [4.69, 9.17) is 0 Å². The summed E-state index contributed by atoms with van der Waals surface area (Å²) in [5.41, 5.74) is 3.17. The monoisotopic (exact) mass is 384 g/mol. The molecule has 1 atom stereocenters. The second-order valence-electron chi connectivity index (χ2n) is 6.32. The van der Waals surface area contributed by atoms with Crippen molar-refractivity contribution in [2.24, 2.45) is 7.05 Å². The Bertz CT molecular complexity index is 993. The van der Waals surface area contributed by atoms with Gasteiger partial charge in [-0.2, -0.15) is 5.10 Å². The molecule has 7 nitrogen and oxygen atoms in total. The zero-order valence-electron chi connectivity index (χ0n) is 15.3. The number of nitrogens with one attached hydrogen (secondary N) is 1. The number of carbonyl (C=O) groups is 2. The van der Waals surface area contributed by atoms with Crippen molar-refractivity contribution in [3.8, 4) is 10.6 Å². The summed E-state index contributed by atoms with van der Waals surface area (Å²) >= 11 is 1.27. The number of thiazole rings is 1. The van der Waals surface area contributed by atoms with E-state index in [1.165, 1.54) is 11.3 Å². The van der Waals surface area contributed by atoms with Gasteiger partial charge in [0.05, 0.1) is 24.4 Å². The smallest absolute Gasteiger partial charge is 0.305 e. The van der Waals surface area contributed by atoms with Crippen molar-refractivity contribution in [1.29, 1.82) is 0 Å². The second kappa shape index (κ2) is 7.71. The van der Waals surface area contributed by atoms with E-state index in [1.54, 1.807) is 17.8 Å². The first-order valence-electron chi connectivity index (χ1n) is 8.39. The standard InChI is InChI=1S/C19H20N4O3S/c1-11-6-4-5-7-14(11)15(8-16(24)25)22-18(26)17-12(2)21-19(27-17)13-9-20-23(3)10-13/h4-7,9-10,15H,8H2,1-3H3,(H,22,26)(H,24,25). The molecular formula is C19H20N4O3S. The maximum absolute atomic E-state index is 12.8. The van der Waals surface area contributed by atoms with E-state index < -0.39 is 12.0 Å². The minimum absolute atomic E-state index is 0.191. The highest BCUT2D eigenvalue weighted by Gasteiger charge is 2.23. The van der Waals surface area contributed by atoms with E-state index in [-0.39, 0.29) is 12.3 Å². The summed E-state index contributed by atoms with van der Waals surface area (Å²) in [6.07, 6.45) is 3.34. The van der Waals surface area contributed by atoms with Gasteiger partial charge in [-0.25, -0.2) is 4.98 Å². The average Bonchev–Trinajstić information content (AvgIpc) is 3.20. The van der Waals surface area contributed by atoms with E-state index >= 15 is 0 Å². The first-order chi connectivity index (χ1) is 12.8. The van der Waals surface area contributed by atoms with E-state index in [0.29, 0.717) is 15.6 Å². The normalized spacial score (nSPS) is 12.0. The first-order valence-corrected chi connectivity index (χ1v) is 9.21. The van der Waals surface area contributed by atoms with Crippen LogP contribution in [-0.4, -0.2) is 31.7 Å². The first kappa shape index (κ1) is 18.8. The molecule has 0 aliphatic heterocycles. The molecule has 8 heteroatoms. The van der Waals surface area contributed by atoms with Crippen molar-refractivity contribution >= 4 is 23.2 Å². The molecule has 2 heterocycles. The van der Waals surface area contributed by atoms with Crippen LogP contribution in [0, 0.1) is 13.8 Å². The van der Waals surface area contributed by atoms with Crippen LogP contribution in [0.4, 0.5) is 0 Å². The van der Waals surface area contributed by atoms with Gasteiger partial charge in [0, 0.05) is 18.8 Å². The molecule has 2 aromatic heterocycles. The molecule has 3 aromatic rings. The number of amides is 1. The molecule has 1 aromatic carbocycles. The highest BCUT2D eigenvalue weighted by molar-refractivity contribution is 7.17. The third kappa shape index (κ3) is 4.22. The number of carboxylic acid groups (broad SMARTS) is 1. The SMILES string of the molecule is Cc1ccccc1C(CC(=O)O)NC(=O)c1sc(-c2cnn(C)c2)nc1C. The topological polar surface area (TPSA) is 97.1 Å². The van der Waals surface area contributed by atoms with Crippen LogP contribution in [0.25, 0.3) is 10.6 Å². The number of nitrogens with zero attached hydrogens (tertiary/aromatic N) is 3. The van der Waals surface area contributed by atoms with Crippen LogP contribution < -0.4 is 5.32 Å². The largest absolute Gasteiger partial charge is 0.481 e. The Morgan fingerprint density at radius 3 is 2.67 bits per heavy atom. The predicted octanol–water partition coefficient (Wildman–Crippen LogP) is 3.11. The molecule has 0 aliphatic rings. The summed E-state index contributed by atoms with van der Waals surface area (Å²) in [4.78, 5) is 29.1. The number of carbonyl (C=O) groups excluding carboxylic acids is 1. The molecule has 27 heavy (non-hydrogen) atoms. The molecule has 0 spiro atoms. The van der Waals surface area contributed by atoms with E-state index in [1.807, 2.05) is 44.4 Å². The van der Waals surface area contributed by atoms with Crippen LogP contribution in [0.1, 0.15) is 39.0 Å². The number of benzene rings is 1. The molecule has 1 unspecified atom stereocenters. The van der Waals surface area contributed by atoms with Crippen LogP contribution in [0.3, 0.4) is 0 Å². The Balaban J connectivity index is 1.87. The fraction of sp³-hybridized carbons (Fsp3) is 0.263. The van der Waals surface area contributed by atoms with Gasteiger partial charge in [-0.1, -0.05) is 24.3 Å². The molecule has 0 bridgehead atoms. The van der Waals surface area contributed by atoms with Crippen LogP contribution in [-0.2, 0) is 11.8 Å². The van der Waals surface area contributed by atoms with Crippen molar-refractivity contribution in [2.45, 2.75) is 26.3 Å². The molecular weight excluding hydrogens is 364 g/mol. The minimum atomic E-state index is -0.972. The lowest BCUT2D eigenvalue weighted by Crippen LogP contribution is -2.30. The van der Waals surface area contributed by atoms with E-state index in [0.717, 1.165) is 16.7 Å². The molecule has 0 fully saturated rings. The van der Waals surface area contributed by atoms with Crippen molar-refractivity contribution in [1.82, 2.24) is 20.1 Å². The second-order valence-corrected chi connectivity index (χ2v) is 7.32. The van der Waals surface area contributed by atoms with Crippen LogP contribution in [0.2, 0.25) is 0 Å². The minimum Gasteiger partial charge on any atom is -0.481 e. The van der Waals surface area contributed by atoms with Gasteiger partial charge >= 0.3 is 5.97 Å². The Morgan fingerprint density at radius 2 is 2.04 bits per heavy atom. The van der Waals surface area contributed by atoms with E-state index in [2.05, 4.69) is 15.4 Å². The van der Waals surface area contributed by atoms with Gasteiger partial charge in [-0.3, -0.25) is 14.3 Å². The van der Waals surface area contributed by atoms with Gasteiger partial charge in [-0.05, 0) is 25.0 Å². The average molecular weight is 384 g/mol. The number of carboxylic acids is 1. The summed E-state index contributed by atoms with van der Waals surface area (Å²) in [5, 5.41) is 17.0. The summed E-state index contributed by atoms with van der Waals surface area (Å²) in [6, 6.07) is 6.84. The molecule has 1 amide bonds. The third-order valence-electron chi connectivity index (χ3n) is 4.20. The Labute approximate surface area is 160 Å². The summed E-state index contributed by atoms with van der Waals surface area (Å²) in [7, 11) is 1.82. The Kier molecular flexibility index (Phi) is 5.36. The van der Waals surface area contributed by atoms with Crippen molar-refractivity contribution < 1.29 is 14.7 Å². The quantitative estimate of drug-likeness (QED) is 0.681. The Hall–Kier alpha value is -3.00. The summed E-state index contributed by atoms with van der Waals surface area (Å²) in [6.45, 7) is 3.67. The van der Waals surface area contributed by atoms with E-state index in [9.17, 15) is 14.7 Å². The lowest BCUT2D eigenvalue weighted by molar-refractivity contribution is -0.137. The van der Waals surface area contributed by atoms with Crippen LogP contribution in [0.15, 0.2) is 36.7 Å². The third-order valence-corrected chi connectivity index (χ3v) is 5.41. The number of rotatable bonds is 6. The maximum atomic E-state index is 12.8. The van der Waals surface area contributed by atoms with Crippen LogP contribution >= 0.6 is 11.3 Å². The zero-order chi connectivity index (χ0) is 19.6. The summed E-state index contributed by atoms with van der Waals surface area (Å²) in [5.74, 6) is -1.30. The fourth-order valence-corrected chi connectivity index (χ4v) is 3.82. The number of aromatic nitrogens is 3. The molecule has 0 saturated carbocycles. The van der Waals surface area contributed by atoms with Crippen molar-refractivity contribution in [2.75, 3.05) is 0 Å². The molecule has 2 N–H and O–H groups in total. The highest BCUT2D eigenvalue weighted by Crippen LogP contribution is 2.28. The predicted molar refractivity (Wildman–Crippen MR) is 103 cm³/mol. The van der Waals surface area contributed by atoms with Gasteiger partial charge < -0.3 is 10.4 Å². The molecule has 140 valence electrons. The van der Waals surface area contributed by atoms with Gasteiger partial charge in [0.2, 0.25) is 0 Å². The van der Waals surface area contributed by atoms with Crippen molar-refractivity contribution in [3.05, 3.63) is 58.4 Å². The van der Waals surface area contributed by atoms with Gasteiger partial charge in [0.15, 0.2) is 0 Å². The Morgan fingerprint density at radius 1 is 1.30 bits per heavy atom. The van der Waals surface area contributed by atoms with Crippen LogP contribution in [0.5, 0.6) is 0 Å². The fourth-order valence-electron chi connectivity index (χ4n) is 2.88. The lowest BCUT2D eigenvalue weighted by atomic mass is 9.98. The van der Waals surface area contributed by atoms with Gasteiger partial charge in [0.25, 0.3) is 5.91 Å². The summed E-state index contributed by atoms with van der Waals surface area (Å²) < 4.78 is 1.67. The molecule has 3 rings (SSSR count). The molecule has 0 aliphatic carbocycles. The lowest BCUT2D eigenvalue weighted by Gasteiger charge is -2.19. The number of hydrogen-bond acceptors (Lipinski definition) is 5. The highest BCUT2D eigenvalue weighted by atomic mass is 32.1.